The van der Waals surface area contributed by atoms with Crippen molar-refractivity contribution >= 4 is 0 Å². The van der Waals surface area contributed by atoms with E-state index in [-0.39, 0.29) is 18.6 Å². The largest absolute Gasteiger partial charge is 0.396 e. The predicted molar refractivity (Wildman–Crippen MR) is 112 cm³/mol. The Hall–Kier alpha value is -2.46. The molecule has 0 amide bonds. The van der Waals surface area contributed by atoms with Crippen LogP contribution >= 0.6 is 0 Å². The lowest BCUT2D eigenvalue weighted by Gasteiger charge is -2.39. The first kappa shape index (κ1) is 18.9. The van der Waals surface area contributed by atoms with Crippen molar-refractivity contribution in [3.8, 4) is 0 Å². The van der Waals surface area contributed by atoms with Gasteiger partial charge in [0.1, 0.15) is 0 Å². The molecule has 1 saturated carbocycles. The highest BCUT2D eigenvalue weighted by molar-refractivity contribution is 5.49. The third-order valence-corrected chi connectivity index (χ3v) is 5.93. The normalized spacial score (nSPS) is 22.3. The Morgan fingerprint density at radius 2 is 1.14 bits per heavy atom. The van der Waals surface area contributed by atoms with E-state index in [1.165, 1.54) is 0 Å². The molecular weight excluding hydrogens is 346 g/mol. The average Bonchev–Trinajstić information content (AvgIpc) is 3.13. The number of benzene rings is 3. The summed E-state index contributed by atoms with van der Waals surface area (Å²) >= 11 is 0. The van der Waals surface area contributed by atoms with Crippen molar-refractivity contribution in [2.75, 3.05) is 6.61 Å². The third-order valence-electron chi connectivity index (χ3n) is 5.93. The molecule has 0 bridgehead atoms. The van der Waals surface area contributed by atoms with Gasteiger partial charge >= 0.3 is 0 Å². The summed E-state index contributed by atoms with van der Waals surface area (Å²) in [5, 5.41) is 23.9. The topological polar surface area (TPSA) is 52.5 Å². The fraction of sp³-hybridized carbons (Fsp3) is 0.280. The molecule has 0 radical (unpaired) electrons. The van der Waals surface area contributed by atoms with Gasteiger partial charge in [-0.1, -0.05) is 91.0 Å². The van der Waals surface area contributed by atoms with Crippen molar-refractivity contribution < 1.29 is 10.2 Å². The van der Waals surface area contributed by atoms with Crippen molar-refractivity contribution in [1.29, 1.82) is 0 Å². The van der Waals surface area contributed by atoms with Gasteiger partial charge in [0.15, 0.2) is 0 Å². The van der Waals surface area contributed by atoms with Crippen LogP contribution in [0, 0.1) is 5.92 Å². The zero-order chi connectivity index (χ0) is 19.4. The molecule has 3 unspecified atom stereocenters. The Morgan fingerprint density at radius 1 is 0.714 bits per heavy atom. The molecule has 3 atom stereocenters. The van der Waals surface area contributed by atoms with E-state index >= 15 is 0 Å². The number of hydrogen-bond donors (Lipinski definition) is 3. The van der Waals surface area contributed by atoms with Crippen LogP contribution < -0.4 is 5.32 Å². The Morgan fingerprint density at radius 3 is 1.50 bits per heavy atom. The Balaban J connectivity index is 1.87. The lowest BCUT2D eigenvalue weighted by atomic mass is 9.76. The van der Waals surface area contributed by atoms with E-state index in [9.17, 15) is 10.2 Å². The molecule has 28 heavy (non-hydrogen) atoms. The van der Waals surface area contributed by atoms with Crippen LogP contribution in [0.5, 0.6) is 0 Å². The molecule has 144 valence electrons. The summed E-state index contributed by atoms with van der Waals surface area (Å²) in [6.07, 6.45) is 0.924. The molecule has 3 nitrogen and oxygen atoms in total. The summed E-state index contributed by atoms with van der Waals surface area (Å²) in [6.45, 7) is 0.0222. The van der Waals surface area contributed by atoms with Gasteiger partial charge in [-0.3, -0.25) is 5.32 Å². The van der Waals surface area contributed by atoms with Gasteiger partial charge in [-0.05, 0) is 29.5 Å². The molecule has 4 rings (SSSR count). The number of nitrogens with one attached hydrogen (secondary N) is 1. The summed E-state index contributed by atoms with van der Waals surface area (Å²) in [7, 11) is 0. The minimum Gasteiger partial charge on any atom is -0.396 e. The second-order valence-corrected chi connectivity index (χ2v) is 7.67. The Kier molecular flexibility index (Phi) is 5.58. The van der Waals surface area contributed by atoms with Gasteiger partial charge in [-0.2, -0.15) is 0 Å². The van der Waals surface area contributed by atoms with Crippen LogP contribution in [-0.2, 0) is 5.54 Å². The van der Waals surface area contributed by atoms with Gasteiger partial charge in [0.05, 0.1) is 11.6 Å². The summed E-state index contributed by atoms with van der Waals surface area (Å²) in [5.41, 5.74) is 2.96. The first-order valence-corrected chi connectivity index (χ1v) is 9.97. The van der Waals surface area contributed by atoms with E-state index in [4.69, 9.17) is 0 Å². The zero-order valence-electron chi connectivity index (χ0n) is 15.9. The smallest absolute Gasteiger partial charge is 0.0950 e. The number of hydrogen-bond acceptors (Lipinski definition) is 3. The average molecular weight is 373 g/mol. The minimum atomic E-state index is -0.529. The molecule has 1 fully saturated rings. The van der Waals surface area contributed by atoms with Gasteiger partial charge < -0.3 is 10.2 Å². The maximum atomic E-state index is 10.4. The zero-order valence-corrected chi connectivity index (χ0v) is 15.9. The first-order valence-electron chi connectivity index (χ1n) is 9.97. The molecule has 0 saturated heterocycles. The fourth-order valence-electron chi connectivity index (χ4n) is 4.54. The van der Waals surface area contributed by atoms with Crippen LogP contribution in [0.3, 0.4) is 0 Å². The monoisotopic (exact) mass is 373 g/mol. The molecule has 1 aliphatic rings. The predicted octanol–water partition coefficient (Wildman–Crippen LogP) is 3.70. The SMILES string of the molecule is OCC1CC(NC(c2ccccc2)(c2ccccc2)c2ccccc2)CC1O. The molecule has 0 spiro atoms. The van der Waals surface area contributed by atoms with E-state index in [1.54, 1.807) is 0 Å². The lowest BCUT2D eigenvalue weighted by Crippen LogP contribution is -2.49. The highest BCUT2D eigenvalue weighted by atomic mass is 16.3. The van der Waals surface area contributed by atoms with Crippen LogP contribution in [0.4, 0.5) is 0 Å². The highest BCUT2D eigenvalue weighted by Crippen LogP contribution is 2.39. The molecule has 3 heteroatoms. The van der Waals surface area contributed by atoms with Gasteiger partial charge in [0, 0.05) is 18.6 Å². The standard InChI is InChI=1S/C25H27NO2/c27-18-19-16-23(17-24(19)28)26-25(20-10-4-1-5-11-20,21-12-6-2-7-13-21)22-14-8-3-9-15-22/h1-15,19,23-24,26-28H,16-18H2. The lowest BCUT2D eigenvalue weighted by molar-refractivity contribution is 0.0906. The Labute approximate surface area is 166 Å². The van der Waals surface area contributed by atoms with E-state index < -0.39 is 11.6 Å². The van der Waals surface area contributed by atoms with Crippen LogP contribution in [0.15, 0.2) is 91.0 Å². The molecule has 3 N–H and O–H groups in total. The summed E-state index contributed by atoms with van der Waals surface area (Å²) < 4.78 is 0. The summed E-state index contributed by atoms with van der Waals surface area (Å²) in [5.74, 6) is -0.0717. The van der Waals surface area contributed by atoms with Gasteiger partial charge in [-0.25, -0.2) is 0 Å². The molecule has 1 aliphatic carbocycles. The maximum Gasteiger partial charge on any atom is 0.0950 e. The second-order valence-electron chi connectivity index (χ2n) is 7.67. The van der Waals surface area contributed by atoms with Crippen molar-refractivity contribution in [2.24, 2.45) is 5.92 Å². The first-order chi connectivity index (χ1) is 13.7. The van der Waals surface area contributed by atoms with Gasteiger partial charge in [0.2, 0.25) is 0 Å². The summed E-state index contributed by atoms with van der Waals surface area (Å²) in [4.78, 5) is 0. The quantitative estimate of drug-likeness (QED) is 0.578. The molecule has 3 aromatic carbocycles. The van der Waals surface area contributed by atoms with Crippen molar-refractivity contribution in [2.45, 2.75) is 30.5 Å². The van der Waals surface area contributed by atoms with Crippen LogP contribution in [0.1, 0.15) is 29.5 Å². The molecule has 0 aliphatic heterocycles. The molecular formula is C25H27NO2. The van der Waals surface area contributed by atoms with Gasteiger partial charge in [0.25, 0.3) is 0 Å². The molecule has 0 heterocycles. The Bertz CT molecular complexity index is 770. The van der Waals surface area contributed by atoms with Crippen LogP contribution in [0.2, 0.25) is 0 Å². The van der Waals surface area contributed by atoms with E-state index in [0.29, 0.717) is 6.42 Å². The van der Waals surface area contributed by atoms with Crippen molar-refractivity contribution in [3.05, 3.63) is 108 Å². The van der Waals surface area contributed by atoms with E-state index in [1.807, 2.05) is 18.2 Å². The second kappa shape index (κ2) is 8.27. The van der Waals surface area contributed by atoms with E-state index in [2.05, 4.69) is 78.1 Å². The number of aliphatic hydroxyl groups is 2. The third kappa shape index (κ3) is 3.49. The summed E-state index contributed by atoms with van der Waals surface area (Å²) in [6, 6.07) is 31.5. The number of rotatable bonds is 6. The maximum absolute atomic E-state index is 10.4. The highest BCUT2D eigenvalue weighted by Gasteiger charge is 2.41. The fourth-order valence-corrected chi connectivity index (χ4v) is 4.54. The molecule has 0 aromatic heterocycles. The number of aliphatic hydroxyl groups excluding tert-OH is 2. The minimum absolute atomic E-state index is 0.0222. The van der Waals surface area contributed by atoms with E-state index in [0.717, 1.165) is 23.1 Å². The van der Waals surface area contributed by atoms with Crippen molar-refractivity contribution in [1.82, 2.24) is 5.32 Å². The van der Waals surface area contributed by atoms with Crippen molar-refractivity contribution in [3.63, 3.8) is 0 Å². The van der Waals surface area contributed by atoms with Crippen LogP contribution in [-0.4, -0.2) is 29.0 Å². The van der Waals surface area contributed by atoms with Crippen LogP contribution in [0.25, 0.3) is 0 Å². The van der Waals surface area contributed by atoms with Gasteiger partial charge in [-0.15, -0.1) is 0 Å². The molecule has 3 aromatic rings.